The number of carbonyl (C=O) groups excluding carboxylic acids is 1. The van der Waals surface area contributed by atoms with Gasteiger partial charge in [0.15, 0.2) is 0 Å². The van der Waals surface area contributed by atoms with E-state index in [0.717, 1.165) is 5.56 Å². The van der Waals surface area contributed by atoms with Gasteiger partial charge in [0.2, 0.25) is 0 Å². The SMILES string of the molecule is Cc1ccc(N)c(C(=O)NC2CCC(C(=O)O)CC2)c1. The largest absolute Gasteiger partial charge is 0.481 e. The molecule has 1 amide bonds. The first-order valence-electron chi connectivity index (χ1n) is 6.87. The van der Waals surface area contributed by atoms with Gasteiger partial charge < -0.3 is 16.2 Å². The fourth-order valence-electron chi connectivity index (χ4n) is 2.61. The number of carboxylic acid groups (broad SMARTS) is 1. The molecule has 1 aromatic carbocycles. The van der Waals surface area contributed by atoms with Gasteiger partial charge in [0.05, 0.1) is 11.5 Å². The van der Waals surface area contributed by atoms with Gasteiger partial charge in [-0.2, -0.15) is 0 Å². The van der Waals surface area contributed by atoms with Gasteiger partial charge in [-0.05, 0) is 44.7 Å². The zero-order chi connectivity index (χ0) is 14.7. The van der Waals surface area contributed by atoms with E-state index in [1.807, 2.05) is 13.0 Å². The average molecular weight is 276 g/mol. The maximum atomic E-state index is 12.2. The van der Waals surface area contributed by atoms with Crippen molar-refractivity contribution in [3.05, 3.63) is 29.3 Å². The highest BCUT2D eigenvalue weighted by Gasteiger charge is 2.27. The molecule has 0 atom stereocenters. The van der Waals surface area contributed by atoms with Crippen LogP contribution in [0, 0.1) is 12.8 Å². The highest BCUT2D eigenvalue weighted by molar-refractivity contribution is 5.99. The van der Waals surface area contributed by atoms with Crippen LogP contribution in [-0.2, 0) is 4.79 Å². The number of nitrogens with two attached hydrogens (primary N) is 1. The third kappa shape index (κ3) is 3.29. The molecular formula is C15H20N2O3. The summed E-state index contributed by atoms with van der Waals surface area (Å²) in [5.41, 5.74) is 7.76. The molecule has 108 valence electrons. The number of nitrogen functional groups attached to an aromatic ring is 1. The van der Waals surface area contributed by atoms with Crippen molar-refractivity contribution < 1.29 is 14.7 Å². The van der Waals surface area contributed by atoms with Crippen molar-refractivity contribution in [2.45, 2.75) is 38.6 Å². The number of hydrogen-bond acceptors (Lipinski definition) is 3. The van der Waals surface area contributed by atoms with Gasteiger partial charge in [-0.3, -0.25) is 9.59 Å². The number of rotatable bonds is 3. The van der Waals surface area contributed by atoms with E-state index in [2.05, 4.69) is 5.32 Å². The molecule has 1 aliphatic carbocycles. The summed E-state index contributed by atoms with van der Waals surface area (Å²) in [4.78, 5) is 23.1. The highest BCUT2D eigenvalue weighted by Crippen LogP contribution is 2.25. The standard InChI is InChI=1S/C15H20N2O3/c1-9-2-7-13(16)12(8-9)14(18)17-11-5-3-10(4-6-11)15(19)20/h2,7-8,10-11H,3-6,16H2,1H3,(H,17,18)(H,19,20). The number of carbonyl (C=O) groups is 2. The van der Waals surface area contributed by atoms with Crippen LogP contribution in [0.5, 0.6) is 0 Å². The van der Waals surface area contributed by atoms with Gasteiger partial charge in [0.1, 0.15) is 0 Å². The van der Waals surface area contributed by atoms with Crippen LogP contribution in [-0.4, -0.2) is 23.0 Å². The van der Waals surface area contributed by atoms with Crippen LogP contribution in [0.2, 0.25) is 0 Å². The predicted molar refractivity (Wildman–Crippen MR) is 76.4 cm³/mol. The van der Waals surface area contributed by atoms with Crippen LogP contribution in [0.4, 0.5) is 5.69 Å². The average Bonchev–Trinajstić information content (AvgIpc) is 2.42. The van der Waals surface area contributed by atoms with Gasteiger partial charge in [-0.15, -0.1) is 0 Å². The van der Waals surface area contributed by atoms with Gasteiger partial charge in [-0.25, -0.2) is 0 Å². The molecule has 1 aromatic rings. The zero-order valence-electron chi connectivity index (χ0n) is 11.6. The molecule has 0 aliphatic heterocycles. The van der Waals surface area contributed by atoms with Crippen molar-refractivity contribution in [3.8, 4) is 0 Å². The first kappa shape index (κ1) is 14.4. The number of benzene rings is 1. The minimum absolute atomic E-state index is 0.0398. The molecule has 0 radical (unpaired) electrons. The number of carboxylic acids is 1. The Morgan fingerprint density at radius 3 is 2.50 bits per heavy atom. The second-order valence-corrected chi connectivity index (χ2v) is 5.45. The summed E-state index contributed by atoms with van der Waals surface area (Å²) < 4.78 is 0. The number of hydrogen-bond donors (Lipinski definition) is 3. The number of aliphatic carboxylic acids is 1. The molecule has 0 spiro atoms. The molecule has 0 bridgehead atoms. The predicted octanol–water partition coefficient (Wildman–Crippen LogP) is 1.95. The van der Waals surface area contributed by atoms with Crippen molar-refractivity contribution in [1.29, 1.82) is 0 Å². The first-order chi connectivity index (χ1) is 9.47. The topological polar surface area (TPSA) is 92.4 Å². The van der Waals surface area contributed by atoms with Crippen LogP contribution in [0.1, 0.15) is 41.6 Å². The van der Waals surface area contributed by atoms with Crippen LogP contribution in [0.3, 0.4) is 0 Å². The maximum Gasteiger partial charge on any atom is 0.306 e. The van der Waals surface area contributed by atoms with E-state index in [9.17, 15) is 9.59 Å². The van der Waals surface area contributed by atoms with Crippen molar-refractivity contribution >= 4 is 17.6 Å². The minimum Gasteiger partial charge on any atom is -0.481 e. The van der Waals surface area contributed by atoms with Crippen molar-refractivity contribution in [2.24, 2.45) is 5.92 Å². The Balaban J connectivity index is 1.96. The highest BCUT2D eigenvalue weighted by atomic mass is 16.4. The third-order valence-corrected chi connectivity index (χ3v) is 3.87. The quantitative estimate of drug-likeness (QED) is 0.736. The van der Waals surface area contributed by atoms with Crippen LogP contribution in [0.15, 0.2) is 18.2 Å². The van der Waals surface area contributed by atoms with Crippen molar-refractivity contribution in [1.82, 2.24) is 5.32 Å². The molecule has 4 N–H and O–H groups in total. The molecule has 20 heavy (non-hydrogen) atoms. The molecule has 0 saturated heterocycles. The second-order valence-electron chi connectivity index (χ2n) is 5.45. The van der Waals surface area contributed by atoms with Gasteiger partial charge >= 0.3 is 5.97 Å². The Kier molecular flexibility index (Phi) is 4.27. The lowest BCUT2D eigenvalue weighted by molar-refractivity contribution is -0.142. The molecular weight excluding hydrogens is 256 g/mol. The van der Waals surface area contributed by atoms with E-state index in [-0.39, 0.29) is 17.9 Å². The molecule has 1 fully saturated rings. The summed E-state index contributed by atoms with van der Waals surface area (Å²) in [6, 6.07) is 5.40. The summed E-state index contributed by atoms with van der Waals surface area (Å²) in [7, 11) is 0. The van der Waals surface area contributed by atoms with E-state index in [0.29, 0.717) is 36.9 Å². The Hall–Kier alpha value is -2.04. The van der Waals surface area contributed by atoms with E-state index in [1.54, 1.807) is 12.1 Å². The van der Waals surface area contributed by atoms with Gasteiger partial charge in [-0.1, -0.05) is 11.6 Å². The Bertz CT molecular complexity index is 520. The molecule has 1 saturated carbocycles. The molecule has 1 aliphatic rings. The van der Waals surface area contributed by atoms with Gasteiger partial charge in [0.25, 0.3) is 5.91 Å². The second kappa shape index (κ2) is 5.94. The molecule has 5 nitrogen and oxygen atoms in total. The normalized spacial score (nSPS) is 22.2. The van der Waals surface area contributed by atoms with Crippen molar-refractivity contribution in [3.63, 3.8) is 0 Å². The molecule has 0 aromatic heterocycles. The maximum absolute atomic E-state index is 12.2. The summed E-state index contributed by atoms with van der Waals surface area (Å²) in [5, 5.41) is 11.9. The molecule has 5 heteroatoms. The lowest BCUT2D eigenvalue weighted by Crippen LogP contribution is -2.39. The van der Waals surface area contributed by atoms with Crippen molar-refractivity contribution in [2.75, 3.05) is 5.73 Å². The van der Waals surface area contributed by atoms with E-state index >= 15 is 0 Å². The van der Waals surface area contributed by atoms with Crippen LogP contribution >= 0.6 is 0 Å². The summed E-state index contributed by atoms with van der Waals surface area (Å²) in [6.45, 7) is 1.91. The molecule has 2 rings (SSSR count). The Labute approximate surface area is 118 Å². The fraction of sp³-hybridized carbons (Fsp3) is 0.467. The van der Waals surface area contributed by atoms with E-state index < -0.39 is 5.97 Å². The fourth-order valence-corrected chi connectivity index (χ4v) is 2.61. The lowest BCUT2D eigenvalue weighted by atomic mass is 9.86. The Morgan fingerprint density at radius 2 is 1.90 bits per heavy atom. The third-order valence-electron chi connectivity index (χ3n) is 3.87. The Morgan fingerprint density at radius 1 is 1.25 bits per heavy atom. The van der Waals surface area contributed by atoms with Gasteiger partial charge in [0, 0.05) is 11.7 Å². The number of nitrogens with one attached hydrogen (secondary N) is 1. The summed E-state index contributed by atoms with van der Waals surface area (Å²) >= 11 is 0. The van der Waals surface area contributed by atoms with E-state index in [4.69, 9.17) is 10.8 Å². The minimum atomic E-state index is -0.738. The number of aryl methyl sites for hydroxylation is 1. The number of anilines is 1. The monoisotopic (exact) mass is 276 g/mol. The zero-order valence-corrected chi connectivity index (χ0v) is 11.6. The summed E-state index contributed by atoms with van der Waals surface area (Å²) in [5.74, 6) is -1.19. The van der Waals surface area contributed by atoms with Crippen LogP contribution in [0.25, 0.3) is 0 Å². The summed E-state index contributed by atoms with van der Waals surface area (Å²) in [6.07, 6.45) is 2.63. The smallest absolute Gasteiger partial charge is 0.306 e. The number of amides is 1. The lowest BCUT2D eigenvalue weighted by Gasteiger charge is -2.27. The van der Waals surface area contributed by atoms with Crippen LogP contribution < -0.4 is 11.1 Å². The molecule has 0 unspecified atom stereocenters. The molecule has 0 heterocycles. The van der Waals surface area contributed by atoms with E-state index in [1.165, 1.54) is 0 Å². The first-order valence-corrected chi connectivity index (χ1v) is 6.87.